The Hall–Kier alpha value is -1.78. The number of aryl methyl sites for hydroxylation is 1. The van der Waals surface area contributed by atoms with Crippen molar-refractivity contribution in [3.63, 3.8) is 0 Å². The molecule has 0 bridgehead atoms. The first-order chi connectivity index (χ1) is 6.68. The van der Waals surface area contributed by atoms with Crippen LogP contribution < -0.4 is 5.73 Å². The van der Waals surface area contributed by atoms with Crippen LogP contribution in [0.1, 0.15) is 11.5 Å². The van der Waals surface area contributed by atoms with E-state index in [4.69, 9.17) is 5.73 Å². The smallest absolute Gasteiger partial charge is 0.130 e. The molecule has 74 valence electrons. The van der Waals surface area contributed by atoms with Gasteiger partial charge in [-0.3, -0.25) is 4.68 Å². The summed E-state index contributed by atoms with van der Waals surface area (Å²) in [6.07, 6.45) is 5.35. The number of hydrogen-bond donors (Lipinski definition) is 1. The molecule has 0 fully saturated rings. The number of nitrogens with zero attached hydrogens (tertiary/aromatic N) is 4. The van der Waals surface area contributed by atoms with Crippen molar-refractivity contribution in [3.05, 3.63) is 30.1 Å². The first-order valence-electron chi connectivity index (χ1n) is 4.42. The van der Waals surface area contributed by atoms with E-state index in [1.807, 2.05) is 29.4 Å². The lowest BCUT2D eigenvalue weighted by Crippen LogP contribution is -2.08. The maximum Gasteiger partial charge on any atom is 0.130 e. The zero-order valence-corrected chi connectivity index (χ0v) is 8.31. The van der Waals surface area contributed by atoms with Crippen molar-refractivity contribution in [1.82, 2.24) is 19.3 Å². The SMILES string of the molecule is Cc1c(N)cnn1Cc1nccn1C. The van der Waals surface area contributed by atoms with E-state index in [9.17, 15) is 0 Å². The molecule has 2 aromatic rings. The van der Waals surface area contributed by atoms with Crippen LogP contribution in [0.2, 0.25) is 0 Å². The number of aromatic nitrogens is 4. The van der Waals surface area contributed by atoms with Gasteiger partial charge in [-0.25, -0.2) is 4.98 Å². The molecule has 2 rings (SSSR count). The Balaban J connectivity index is 2.27. The Labute approximate surface area is 82.2 Å². The van der Waals surface area contributed by atoms with Crippen LogP contribution in [-0.2, 0) is 13.6 Å². The van der Waals surface area contributed by atoms with Crippen molar-refractivity contribution in [2.75, 3.05) is 5.73 Å². The molecule has 0 spiro atoms. The van der Waals surface area contributed by atoms with E-state index in [1.54, 1.807) is 12.4 Å². The van der Waals surface area contributed by atoms with Crippen molar-refractivity contribution in [2.24, 2.45) is 7.05 Å². The van der Waals surface area contributed by atoms with E-state index in [0.29, 0.717) is 6.54 Å². The summed E-state index contributed by atoms with van der Waals surface area (Å²) >= 11 is 0. The minimum absolute atomic E-state index is 0.659. The maximum atomic E-state index is 5.70. The molecule has 2 aromatic heterocycles. The van der Waals surface area contributed by atoms with Gasteiger partial charge in [0.2, 0.25) is 0 Å². The van der Waals surface area contributed by atoms with Crippen LogP contribution in [0.25, 0.3) is 0 Å². The van der Waals surface area contributed by atoms with Gasteiger partial charge >= 0.3 is 0 Å². The van der Waals surface area contributed by atoms with Crippen LogP contribution in [0.4, 0.5) is 5.69 Å². The summed E-state index contributed by atoms with van der Waals surface area (Å²) in [5, 5.41) is 4.17. The molecule has 0 aliphatic rings. The fourth-order valence-electron chi connectivity index (χ4n) is 1.30. The molecule has 0 amide bonds. The Bertz CT molecular complexity index is 440. The summed E-state index contributed by atoms with van der Waals surface area (Å²) < 4.78 is 3.81. The number of anilines is 1. The summed E-state index contributed by atoms with van der Waals surface area (Å²) in [5.74, 6) is 0.969. The van der Waals surface area contributed by atoms with Gasteiger partial charge in [0.1, 0.15) is 5.82 Å². The summed E-state index contributed by atoms with van der Waals surface area (Å²) in [5.41, 5.74) is 7.40. The van der Waals surface area contributed by atoms with Crippen molar-refractivity contribution >= 4 is 5.69 Å². The van der Waals surface area contributed by atoms with Gasteiger partial charge in [0.05, 0.1) is 24.1 Å². The quantitative estimate of drug-likeness (QED) is 0.754. The predicted octanol–water partition coefficient (Wildman–Crippen LogP) is 0.556. The molecule has 0 radical (unpaired) electrons. The third kappa shape index (κ3) is 1.37. The van der Waals surface area contributed by atoms with Crippen molar-refractivity contribution in [3.8, 4) is 0 Å². The Morgan fingerprint density at radius 2 is 2.29 bits per heavy atom. The molecule has 0 aliphatic carbocycles. The van der Waals surface area contributed by atoms with Crippen molar-refractivity contribution in [2.45, 2.75) is 13.5 Å². The minimum Gasteiger partial charge on any atom is -0.396 e. The topological polar surface area (TPSA) is 61.7 Å². The largest absolute Gasteiger partial charge is 0.396 e. The number of imidazole rings is 1. The normalized spacial score (nSPS) is 10.7. The van der Waals surface area contributed by atoms with Crippen LogP contribution >= 0.6 is 0 Å². The molecular formula is C9H13N5. The Morgan fingerprint density at radius 3 is 2.79 bits per heavy atom. The number of hydrogen-bond acceptors (Lipinski definition) is 3. The van der Waals surface area contributed by atoms with Gasteiger partial charge in [-0.1, -0.05) is 0 Å². The average Bonchev–Trinajstić information content (AvgIpc) is 2.68. The first-order valence-corrected chi connectivity index (χ1v) is 4.42. The van der Waals surface area contributed by atoms with Crippen molar-refractivity contribution in [1.29, 1.82) is 0 Å². The summed E-state index contributed by atoms with van der Waals surface area (Å²) in [7, 11) is 1.96. The van der Waals surface area contributed by atoms with Gasteiger partial charge in [-0.15, -0.1) is 0 Å². The monoisotopic (exact) mass is 191 g/mol. The molecule has 5 nitrogen and oxygen atoms in total. The van der Waals surface area contributed by atoms with Crippen LogP contribution in [-0.4, -0.2) is 19.3 Å². The highest BCUT2D eigenvalue weighted by Gasteiger charge is 2.05. The molecule has 0 unspecified atom stereocenters. The molecule has 0 atom stereocenters. The lowest BCUT2D eigenvalue weighted by atomic mass is 10.4. The molecular weight excluding hydrogens is 178 g/mol. The van der Waals surface area contributed by atoms with Gasteiger partial charge in [-0.05, 0) is 6.92 Å². The van der Waals surface area contributed by atoms with E-state index < -0.39 is 0 Å². The predicted molar refractivity (Wildman–Crippen MR) is 53.7 cm³/mol. The van der Waals surface area contributed by atoms with E-state index in [-0.39, 0.29) is 0 Å². The third-order valence-electron chi connectivity index (χ3n) is 2.35. The lowest BCUT2D eigenvalue weighted by Gasteiger charge is -2.04. The van der Waals surface area contributed by atoms with Gasteiger partial charge in [-0.2, -0.15) is 5.10 Å². The van der Waals surface area contributed by atoms with Crippen LogP contribution in [0.5, 0.6) is 0 Å². The molecule has 2 heterocycles. The summed E-state index contributed by atoms with van der Waals surface area (Å²) in [6.45, 7) is 2.61. The molecule has 0 saturated heterocycles. The Kier molecular flexibility index (Phi) is 1.99. The zero-order valence-electron chi connectivity index (χ0n) is 8.31. The molecule has 2 N–H and O–H groups in total. The maximum absolute atomic E-state index is 5.70. The number of rotatable bonds is 2. The molecule has 5 heteroatoms. The highest BCUT2D eigenvalue weighted by atomic mass is 15.3. The van der Waals surface area contributed by atoms with Crippen LogP contribution in [0, 0.1) is 6.92 Å². The van der Waals surface area contributed by atoms with E-state index in [2.05, 4.69) is 10.1 Å². The fraction of sp³-hybridized carbons (Fsp3) is 0.333. The van der Waals surface area contributed by atoms with Gasteiger partial charge in [0.15, 0.2) is 0 Å². The molecule has 14 heavy (non-hydrogen) atoms. The molecule has 0 aromatic carbocycles. The fourth-order valence-corrected chi connectivity index (χ4v) is 1.30. The average molecular weight is 191 g/mol. The summed E-state index contributed by atoms with van der Waals surface area (Å²) in [6, 6.07) is 0. The standard InChI is InChI=1S/C9H13N5/c1-7-8(10)5-12-14(7)6-9-11-3-4-13(9)2/h3-5H,6,10H2,1-2H3. The number of nitrogens with two attached hydrogens (primary N) is 1. The van der Waals surface area contributed by atoms with Gasteiger partial charge in [0, 0.05) is 19.4 Å². The van der Waals surface area contributed by atoms with E-state index in [0.717, 1.165) is 17.2 Å². The second-order valence-corrected chi connectivity index (χ2v) is 3.30. The second-order valence-electron chi connectivity index (χ2n) is 3.30. The number of nitrogen functional groups attached to an aromatic ring is 1. The lowest BCUT2D eigenvalue weighted by molar-refractivity contribution is 0.617. The van der Waals surface area contributed by atoms with E-state index in [1.165, 1.54) is 0 Å². The highest BCUT2D eigenvalue weighted by molar-refractivity contribution is 5.39. The van der Waals surface area contributed by atoms with Crippen LogP contribution in [0.3, 0.4) is 0 Å². The molecule has 0 saturated carbocycles. The third-order valence-corrected chi connectivity index (χ3v) is 2.35. The summed E-state index contributed by atoms with van der Waals surface area (Å²) in [4.78, 5) is 4.22. The minimum atomic E-state index is 0.659. The van der Waals surface area contributed by atoms with Crippen molar-refractivity contribution < 1.29 is 0 Å². The second kappa shape index (κ2) is 3.17. The molecule has 0 aliphatic heterocycles. The van der Waals surface area contributed by atoms with Crippen LogP contribution in [0.15, 0.2) is 18.6 Å². The Morgan fingerprint density at radius 1 is 1.50 bits per heavy atom. The van der Waals surface area contributed by atoms with Gasteiger partial charge < -0.3 is 10.3 Å². The zero-order chi connectivity index (χ0) is 10.1. The first kappa shape index (κ1) is 8.80. The van der Waals surface area contributed by atoms with E-state index >= 15 is 0 Å². The van der Waals surface area contributed by atoms with Gasteiger partial charge in [0.25, 0.3) is 0 Å². The highest BCUT2D eigenvalue weighted by Crippen LogP contribution is 2.09.